The molecule has 5 heteroatoms. The molecule has 0 atom stereocenters. The number of hydrogen-bond acceptors (Lipinski definition) is 4. The largest absolute Gasteiger partial charge is 0.491 e. The van der Waals surface area contributed by atoms with Gasteiger partial charge >= 0.3 is 0 Å². The van der Waals surface area contributed by atoms with Gasteiger partial charge in [-0.3, -0.25) is 4.68 Å². The molecule has 108 valence electrons. The van der Waals surface area contributed by atoms with Crippen molar-refractivity contribution in [2.24, 2.45) is 0 Å². The second kappa shape index (κ2) is 8.35. The molecular formula is C15H21N3O2. The molecule has 0 unspecified atom stereocenters. The van der Waals surface area contributed by atoms with Crippen molar-refractivity contribution in [2.45, 2.75) is 13.1 Å². The SMILES string of the molecule is COCCNCc1ccccc1OCCn1cccn1. The lowest BCUT2D eigenvalue weighted by Crippen LogP contribution is -2.19. The van der Waals surface area contributed by atoms with Crippen molar-refractivity contribution in [3.05, 3.63) is 48.3 Å². The minimum Gasteiger partial charge on any atom is -0.491 e. The number of para-hydroxylation sites is 1. The Bertz CT molecular complexity index is 486. The maximum atomic E-state index is 5.84. The maximum absolute atomic E-state index is 5.84. The topological polar surface area (TPSA) is 48.3 Å². The Morgan fingerprint density at radius 2 is 2.10 bits per heavy atom. The first-order chi connectivity index (χ1) is 9.90. The van der Waals surface area contributed by atoms with Gasteiger partial charge in [0.2, 0.25) is 0 Å². The summed E-state index contributed by atoms with van der Waals surface area (Å²) in [5.41, 5.74) is 1.16. The number of methoxy groups -OCH3 is 1. The van der Waals surface area contributed by atoms with Crippen LogP contribution in [0.25, 0.3) is 0 Å². The van der Waals surface area contributed by atoms with Gasteiger partial charge in [0.1, 0.15) is 12.4 Å². The molecule has 0 aliphatic rings. The van der Waals surface area contributed by atoms with Crippen molar-refractivity contribution in [3.8, 4) is 5.75 Å². The molecule has 1 aromatic carbocycles. The van der Waals surface area contributed by atoms with Crippen molar-refractivity contribution in [1.82, 2.24) is 15.1 Å². The van der Waals surface area contributed by atoms with Crippen molar-refractivity contribution in [2.75, 3.05) is 26.9 Å². The smallest absolute Gasteiger partial charge is 0.123 e. The summed E-state index contributed by atoms with van der Waals surface area (Å²) in [4.78, 5) is 0. The Morgan fingerprint density at radius 1 is 1.20 bits per heavy atom. The summed E-state index contributed by atoms with van der Waals surface area (Å²) in [6, 6.07) is 9.99. The lowest BCUT2D eigenvalue weighted by Gasteiger charge is -2.12. The molecule has 0 aliphatic heterocycles. The fourth-order valence-corrected chi connectivity index (χ4v) is 1.87. The molecule has 1 aromatic heterocycles. The Balaban J connectivity index is 1.80. The third kappa shape index (κ3) is 4.68. The molecule has 0 saturated heterocycles. The van der Waals surface area contributed by atoms with Crippen LogP contribution in [0.1, 0.15) is 5.56 Å². The molecule has 2 aromatic rings. The van der Waals surface area contributed by atoms with Crippen LogP contribution < -0.4 is 10.1 Å². The zero-order chi connectivity index (χ0) is 14.0. The van der Waals surface area contributed by atoms with Crippen LogP contribution in [0.2, 0.25) is 0 Å². The summed E-state index contributed by atoms with van der Waals surface area (Å²) in [6.07, 6.45) is 3.70. The molecule has 0 amide bonds. The highest BCUT2D eigenvalue weighted by atomic mass is 16.5. The Morgan fingerprint density at radius 3 is 2.90 bits per heavy atom. The van der Waals surface area contributed by atoms with E-state index in [1.807, 2.05) is 35.1 Å². The molecule has 1 N–H and O–H groups in total. The fourth-order valence-electron chi connectivity index (χ4n) is 1.87. The van der Waals surface area contributed by atoms with Crippen molar-refractivity contribution < 1.29 is 9.47 Å². The molecule has 5 nitrogen and oxygen atoms in total. The van der Waals surface area contributed by atoms with Gasteiger partial charge in [-0.2, -0.15) is 5.10 Å². The van der Waals surface area contributed by atoms with E-state index < -0.39 is 0 Å². The van der Waals surface area contributed by atoms with E-state index in [-0.39, 0.29) is 0 Å². The minimum absolute atomic E-state index is 0.608. The fraction of sp³-hybridized carbons (Fsp3) is 0.400. The number of rotatable bonds is 9. The third-order valence-electron chi connectivity index (χ3n) is 2.91. The van der Waals surface area contributed by atoms with E-state index >= 15 is 0 Å². The van der Waals surface area contributed by atoms with Crippen LogP contribution >= 0.6 is 0 Å². The molecule has 0 radical (unpaired) electrons. The molecule has 2 rings (SSSR count). The molecule has 20 heavy (non-hydrogen) atoms. The summed E-state index contributed by atoms with van der Waals surface area (Å²) in [5.74, 6) is 0.921. The second-order valence-electron chi connectivity index (χ2n) is 4.39. The van der Waals surface area contributed by atoms with Gasteiger partial charge in [-0.25, -0.2) is 0 Å². The van der Waals surface area contributed by atoms with E-state index in [9.17, 15) is 0 Å². The number of nitrogens with one attached hydrogen (secondary N) is 1. The Labute approximate surface area is 119 Å². The van der Waals surface area contributed by atoms with Gasteiger partial charge in [0.15, 0.2) is 0 Å². The standard InChI is InChI=1S/C15H21N3O2/c1-19-11-8-16-13-14-5-2-3-6-15(14)20-12-10-18-9-4-7-17-18/h2-7,9,16H,8,10-13H2,1H3. The molecule has 0 aliphatic carbocycles. The van der Waals surface area contributed by atoms with E-state index in [0.717, 1.165) is 30.9 Å². The van der Waals surface area contributed by atoms with Gasteiger partial charge in [0.25, 0.3) is 0 Å². The van der Waals surface area contributed by atoms with Crippen LogP contribution in [0.15, 0.2) is 42.7 Å². The number of nitrogens with zero attached hydrogens (tertiary/aromatic N) is 2. The van der Waals surface area contributed by atoms with Gasteiger partial charge in [-0.15, -0.1) is 0 Å². The molecule has 1 heterocycles. The number of hydrogen-bond donors (Lipinski definition) is 1. The van der Waals surface area contributed by atoms with Gasteiger partial charge < -0.3 is 14.8 Å². The summed E-state index contributed by atoms with van der Waals surface area (Å²) in [7, 11) is 1.70. The lowest BCUT2D eigenvalue weighted by atomic mass is 10.2. The van der Waals surface area contributed by atoms with E-state index in [1.165, 1.54) is 0 Å². The average molecular weight is 275 g/mol. The quantitative estimate of drug-likeness (QED) is 0.708. The van der Waals surface area contributed by atoms with Gasteiger partial charge in [0.05, 0.1) is 13.2 Å². The van der Waals surface area contributed by atoms with Crippen LogP contribution in [0, 0.1) is 0 Å². The van der Waals surface area contributed by atoms with E-state index in [1.54, 1.807) is 13.3 Å². The molecular weight excluding hydrogens is 254 g/mol. The first kappa shape index (κ1) is 14.6. The van der Waals surface area contributed by atoms with Gasteiger partial charge in [0, 0.05) is 38.2 Å². The predicted octanol–water partition coefficient (Wildman–Crippen LogP) is 1.70. The van der Waals surface area contributed by atoms with Gasteiger partial charge in [-0.05, 0) is 12.1 Å². The summed E-state index contributed by atoms with van der Waals surface area (Å²) >= 11 is 0. The molecule has 0 spiro atoms. The highest BCUT2D eigenvalue weighted by Gasteiger charge is 2.02. The van der Waals surface area contributed by atoms with Crippen LogP contribution in [0.3, 0.4) is 0 Å². The normalized spacial score (nSPS) is 10.7. The van der Waals surface area contributed by atoms with Crippen LogP contribution in [0.5, 0.6) is 5.75 Å². The first-order valence-corrected chi connectivity index (χ1v) is 6.78. The molecule has 0 fully saturated rings. The Kier molecular flexibility index (Phi) is 6.07. The van der Waals surface area contributed by atoms with E-state index in [0.29, 0.717) is 13.2 Å². The van der Waals surface area contributed by atoms with E-state index in [4.69, 9.17) is 9.47 Å². The van der Waals surface area contributed by atoms with Crippen LogP contribution in [-0.2, 0) is 17.8 Å². The molecule has 0 saturated carbocycles. The number of aromatic nitrogens is 2. The highest BCUT2D eigenvalue weighted by Crippen LogP contribution is 2.17. The van der Waals surface area contributed by atoms with Gasteiger partial charge in [-0.1, -0.05) is 18.2 Å². The monoisotopic (exact) mass is 275 g/mol. The van der Waals surface area contributed by atoms with Crippen molar-refractivity contribution in [1.29, 1.82) is 0 Å². The number of ether oxygens (including phenoxy) is 2. The average Bonchev–Trinajstić information content (AvgIpc) is 2.98. The highest BCUT2D eigenvalue weighted by molar-refractivity contribution is 5.33. The maximum Gasteiger partial charge on any atom is 0.123 e. The van der Waals surface area contributed by atoms with Crippen LogP contribution in [0.4, 0.5) is 0 Å². The number of benzene rings is 1. The lowest BCUT2D eigenvalue weighted by molar-refractivity contribution is 0.199. The van der Waals surface area contributed by atoms with Crippen molar-refractivity contribution in [3.63, 3.8) is 0 Å². The first-order valence-electron chi connectivity index (χ1n) is 6.78. The zero-order valence-electron chi connectivity index (χ0n) is 11.8. The second-order valence-corrected chi connectivity index (χ2v) is 4.39. The minimum atomic E-state index is 0.608. The van der Waals surface area contributed by atoms with Crippen LogP contribution in [-0.4, -0.2) is 36.6 Å². The van der Waals surface area contributed by atoms with Crippen molar-refractivity contribution >= 4 is 0 Å². The Hall–Kier alpha value is -1.85. The van der Waals surface area contributed by atoms with E-state index in [2.05, 4.69) is 16.5 Å². The zero-order valence-corrected chi connectivity index (χ0v) is 11.8. The predicted molar refractivity (Wildman–Crippen MR) is 77.7 cm³/mol. The third-order valence-corrected chi connectivity index (χ3v) is 2.91. The summed E-state index contributed by atoms with van der Waals surface area (Å²) in [5, 5.41) is 7.47. The summed E-state index contributed by atoms with van der Waals surface area (Å²) in [6.45, 7) is 3.68. The summed E-state index contributed by atoms with van der Waals surface area (Å²) < 4.78 is 12.7. The molecule has 0 bridgehead atoms.